The summed E-state index contributed by atoms with van der Waals surface area (Å²) in [5, 5.41) is 2.89. The summed E-state index contributed by atoms with van der Waals surface area (Å²) in [6, 6.07) is 11.4. The van der Waals surface area contributed by atoms with E-state index in [1.165, 1.54) is 0 Å². The minimum Gasteiger partial charge on any atom is -0.397 e. The van der Waals surface area contributed by atoms with Crippen molar-refractivity contribution in [2.75, 3.05) is 11.1 Å². The Labute approximate surface area is 113 Å². The highest BCUT2D eigenvalue weighted by Crippen LogP contribution is 2.23. The van der Waals surface area contributed by atoms with Crippen LogP contribution in [0, 0.1) is 20.8 Å². The number of carbonyl (C=O) groups is 1. The molecule has 0 aromatic heterocycles. The second kappa shape index (κ2) is 5.14. The largest absolute Gasteiger partial charge is 0.397 e. The highest BCUT2D eigenvalue weighted by molar-refractivity contribution is 6.07. The molecular formula is C16H18N2O. The summed E-state index contributed by atoms with van der Waals surface area (Å²) >= 11 is 0. The summed E-state index contributed by atoms with van der Waals surface area (Å²) in [5.41, 5.74) is 10.9. The molecule has 0 radical (unpaired) electrons. The Hall–Kier alpha value is -2.29. The fraction of sp³-hybridized carbons (Fsp3) is 0.188. The molecule has 3 heteroatoms. The number of aryl methyl sites for hydroxylation is 3. The van der Waals surface area contributed by atoms with E-state index in [0.717, 1.165) is 16.7 Å². The summed E-state index contributed by atoms with van der Waals surface area (Å²) in [6.07, 6.45) is 0. The van der Waals surface area contributed by atoms with Crippen LogP contribution < -0.4 is 11.1 Å². The van der Waals surface area contributed by atoms with E-state index in [9.17, 15) is 4.79 Å². The van der Waals surface area contributed by atoms with Gasteiger partial charge < -0.3 is 11.1 Å². The van der Waals surface area contributed by atoms with Gasteiger partial charge in [0.2, 0.25) is 0 Å². The number of amides is 1. The Bertz CT molecular complexity index is 612. The summed E-state index contributed by atoms with van der Waals surface area (Å²) in [4.78, 5) is 12.3. The molecule has 0 bridgehead atoms. The van der Waals surface area contributed by atoms with Gasteiger partial charge >= 0.3 is 0 Å². The number of nitrogen functional groups attached to an aromatic ring is 1. The molecule has 0 heterocycles. The quantitative estimate of drug-likeness (QED) is 0.806. The maximum Gasteiger partial charge on any atom is 0.255 e. The number of rotatable bonds is 2. The molecule has 2 aromatic carbocycles. The van der Waals surface area contributed by atoms with E-state index in [-0.39, 0.29) is 5.91 Å². The van der Waals surface area contributed by atoms with Crippen LogP contribution in [0.1, 0.15) is 27.0 Å². The van der Waals surface area contributed by atoms with Crippen LogP contribution in [0.3, 0.4) is 0 Å². The lowest BCUT2D eigenvalue weighted by molar-refractivity contribution is 0.102. The summed E-state index contributed by atoms with van der Waals surface area (Å²) in [6.45, 7) is 5.87. The van der Waals surface area contributed by atoms with Gasteiger partial charge in [0.05, 0.1) is 11.4 Å². The number of benzene rings is 2. The topological polar surface area (TPSA) is 55.1 Å². The van der Waals surface area contributed by atoms with Crippen molar-refractivity contribution < 1.29 is 4.79 Å². The maximum absolute atomic E-state index is 12.3. The molecule has 0 spiro atoms. The molecule has 3 N–H and O–H groups in total. The van der Waals surface area contributed by atoms with Gasteiger partial charge in [0, 0.05) is 5.56 Å². The number of hydrogen-bond donors (Lipinski definition) is 2. The summed E-state index contributed by atoms with van der Waals surface area (Å²) in [5.74, 6) is -0.126. The normalized spacial score (nSPS) is 10.3. The molecule has 0 aliphatic carbocycles. The predicted octanol–water partition coefficient (Wildman–Crippen LogP) is 3.45. The van der Waals surface area contributed by atoms with Gasteiger partial charge in [-0.05, 0) is 44.0 Å². The molecule has 0 atom stereocenters. The average Bonchev–Trinajstić information content (AvgIpc) is 2.33. The van der Waals surface area contributed by atoms with E-state index in [1.807, 2.05) is 51.1 Å². The van der Waals surface area contributed by atoms with Crippen molar-refractivity contribution in [3.63, 3.8) is 0 Å². The molecule has 3 nitrogen and oxygen atoms in total. The van der Waals surface area contributed by atoms with Crippen LogP contribution in [-0.2, 0) is 0 Å². The van der Waals surface area contributed by atoms with E-state index in [4.69, 9.17) is 5.73 Å². The average molecular weight is 254 g/mol. The number of anilines is 2. The number of para-hydroxylation sites is 1. The molecule has 0 saturated heterocycles. The summed E-state index contributed by atoms with van der Waals surface area (Å²) < 4.78 is 0. The third-order valence-electron chi connectivity index (χ3n) is 3.17. The van der Waals surface area contributed by atoms with E-state index in [2.05, 4.69) is 5.32 Å². The van der Waals surface area contributed by atoms with Crippen LogP contribution >= 0.6 is 0 Å². The van der Waals surface area contributed by atoms with E-state index in [1.54, 1.807) is 6.07 Å². The maximum atomic E-state index is 12.3. The first-order valence-corrected chi connectivity index (χ1v) is 6.22. The molecule has 0 aliphatic rings. The first-order valence-electron chi connectivity index (χ1n) is 6.22. The lowest BCUT2D eigenvalue weighted by atomic mass is 10.0. The fourth-order valence-electron chi connectivity index (χ4n) is 2.11. The highest BCUT2D eigenvalue weighted by atomic mass is 16.1. The zero-order valence-corrected chi connectivity index (χ0v) is 11.4. The first kappa shape index (κ1) is 13.1. The summed E-state index contributed by atoms with van der Waals surface area (Å²) in [7, 11) is 0. The zero-order chi connectivity index (χ0) is 14.0. The van der Waals surface area contributed by atoms with Crippen molar-refractivity contribution in [2.24, 2.45) is 0 Å². The molecule has 98 valence electrons. The SMILES string of the molecule is Cc1ccc(C(=O)Nc2c(C)cccc2N)c(C)c1. The monoisotopic (exact) mass is 254 g/mol. The minimum atomic E-state index is -0.126. The minimum absolute atomic E-state index is 0.126. The van der Waals surface area contributed by atoms with Gasteiger partial charge in [-0.15, -0.1) is 0 Å². The van der Waals surface area contributed by atoms with Gasteiger partial charge in [0.1, 0.15) is 0 Å². The second-order valence-electron chi connectivity index (χ2n) is 4.81. The number of nitrogens with two attached hydrogens (primary N) is 1. The van der Waals surface area contributed by atoms with Crippen molar-refractivity contribution in [1.82, 2.24) is 0 Å². The molecule has 19 heavy (non-hydrogen) atoms. The van der Waals surface area contributed by atoms with Gasteiger partial charge in [-0.25, -0.2) is 0 Å². The molecule has 0 saturated carbocycles. The number of nitrogens with one attached hydrogen (secondary N) is 1. The van der Waals surface area contributed by atoms with Crippen molar-refractivity contribution >= 4 is 17.3 Å². The van der Waals surface area contributed by atoms with E-state index >= 15 is 0 Å². The molecular weight excluding hydrogens is 236 g/mol. The molecule has 0 unspecified atom stereocenters. The standard InChI is InChI=1S/C16H18N2O/c1-10-7-8-13(12(3)9-10)16(19)18-15-11(2)5-4-6-14(15)17/h4-9H,17H2,1-3H3,(H,18,19). The Kier molecular flexibility index (Phi) is 3.56. The molecule has 2 rings (SSSR count). The Morgan fingerprint density at radius 3 is 2.42 bits per heavy atom. The van der Waals surface area contributed by atoms with Gasteiger partial charge in [0.15, 0.2) is 0 Å². The van der Waals surface area contributed by atoms with Crippen LogP contribution in [0.4, 0.5) is 11.4 Å². The van der Waals surface area contributed by atoms with Crippen LogP contribution in [0.25, 0.3) is 0 Å². The lowest BCUT2D eigenvalue weighted by Crippen LogP contribution is -2.15. The highest BCUT2D eigenvalue weighted by Gasteiger charge is 2.12. The van der Waals surface area contributed by atoms with Crippen LogP contribution in [0.15, 0.2) is 36.4 Å². The molecule has 2 aromatic rings. The molecule has 1 amide bonds. The smallest absolute Gasteiger partial charge is 0.255 e. The Morgan fingerprint density at radius 1 is 1.05 bits per heavy atom. The van der Waals surface area contributed by atoms with Crippen LogP contribution in [0.5, 0.6) is 0 Å². The molecule has 0 fully saturated rings. The predicted molar refractivity (Wildman–Crippen MR) is 79.5 cm³/mol. The van der Waals surface area contributed by atoms with Crippen LogP contribution in [-0.4, -0.2) is 5.91 Å². The Balaban J connectivity index is 2.31. The third kappa shape index (κ3) is 2.76. The van der Waals surface area contributed by atoms with Crippen molar-refractivity contribution in [1.29, 1.82) is 0 Å². The number of hydrogen-bond acceptors (Lipinski definition) is 2. The van der Waals surface area contributed by atoms with Gasteiger partial charge in [-0.1, -0.05) is 29.8 Å². The Morgan fingerprint density at radius 2 is 1.79 bits per heavy atom. The number of carbonyl (C=O) groups excluding carboxylic acids is 1. The van der Waals surface area contributed by atoms with Crippen molar-refractivity contribution in [3.05, 3.63) is 58.7 Å². The van der Waals surface area contributed by atoms with E-state index in [0.29, 0.717) is 16.9 Å². The van der Waals surface area contributed by atoms with Crippen LogP contribution in [0.2, 0.25) is 0 Å². The fourth-order valence-corrected chi connectivity index (χ4v) is 2.11. The zero-order valence-electron chi connectivity index (χ0n) is 11.4. The second-order valence-corrected chi connectivity index (χ2v) is 4.81. The molecule has 0 aliphatic heterocycles. The van der Waals surface area contributed by atoms with Crippen molar-refractivity contribution in [2.45, 2.75) is 20.8 Å². The van der Waals surface area contributed by atoms with Crippen molar-refractivity contribution in [3.8, 4) is 0 Å². The first-order chi connectivity index (χ1) is 8.99. The third-order valence-corrected chi connectivity index (χ3v) is 3.17. The van der Waals surface area contributed by atoms with Gasteiger partial charge in [-0.2, -0.15) is 0 Å². The van der Waals surface area contributed by atoms with E-state index < -0.39 is 0 Å². The lowest BCUT2D eigenvalue weighted by Gasteiger charge is -2.12. The van der Waals surface area contributed by atoms with Gasteiger partial charge in [-0.3, -0.25) is 4.79 Å². The van der Waals surface area contributed by atoms with Gasteiger partial charge in [0.25, 0.3) is 5.91 Å².